The van der Waals surface area contributed by atoms with Crippen LogP contribution in [0.15, 0.2) is 77.5 Å². The van der Waals surface area contributed by atoms with Gasteiger partial charge in [0.2, 0.25) is 0 Å². The summed E-state index contributed by atoms with van der Waals surface area (Å²) in [4.78, 5) is 42.4. The van der Waals surface area contributed by atoms with Crippen molar-refractivity contribution in [3.63, 3.8) is 0 Å². The standard InChI is InChI=1S/C27H23NO6/c1-4-34-25(32)21-16(3)28(17-11-9-15(2)10-12-17)26(33)14-13-20(29)22-23(30)18-7-5-6-8-19(18)24(31)27(21,22)26/h5-14,30,33H,4H2,1-3H3. The summed E-state index contributed by atoms with van der Waals surface area (Å²) in [7, 11) is 0. The Morgan fingerprint density at radius 2 is 1.68 bits per heavy atom. The molecular weight excluding hydrogens is 434 g/mol. The minimum atomic E-state index is -2.21. The number of ether oxygens (including phenoxy) is 1. The molecule has 34 heavy (non-hydrogen) atoms. The molecule has 172 valence electrons. The third kappa shape index (κ3) is 2.47. The van der Waals surface area contributed by atoms with Crippen LogP contribution in [0.4, 0.5) is 5.69 Å². The van der Waals surface area contributed by atoms with Gasteiger partial charge in [-0.2, -0.15) is 0 Å². The van der Waals surface area contributed by atoms with Gasteiger partial charge in [-0.25, -0.2) is 4.79 Å². The van der Waals surface area contributed by atoms with Crippen LogP contribution < -0.4 is 4.90 Å². The Balaban J connectivity index is 1.93. The van der Waals surface area contributed by atoms with Gasteiger partial charge in [0.1, 0.15) is 5.76 Å². The van der Waals surface area contributed by atoms with Crippen LogP contribution in [-0.4, -0.2) is 40.1 Å². The number of rotatable bonds is 3. The second-order valence-electron chi connectivity index (χ2n) is 8.62. The quantitative estimate of drug-likeness (QED) is 0.678. The number of carbonyl (C=O) groups is 3. The zero-order valence-corrected chi connectivity index (χ0v) is 19.0. The van der Waals surface area contributed by atoms with Gasteiger partial charge in [-0.05, 0) is 45.1 Å². The molecule has 3 aliphatic rings. The van der Waals surface area contributed by atoms with Crippen LogP contribution in [0.25, 0.3) is 5.76 Å². The number of Topliss-reactive ketones (excluding diaryl/α,β-unsaturated/α-hetero) is 1. The predicted octanol–water partition coefficient (Wildman–Crippen LogP) is 3.63. The number of carbonyl (C=O) groups excluding carboxylic acids is 3. The Labute approximate surface area is 196 Å². The molecule has 2 aliphatic carbocycles. The number of allylic oxidation sites excluding steroid dienone is 2. The smallest absolute Gasteiger partial charge is 0.337 e. The number of aryl methyl sites for hydroxylation is 1. The molecule has 2 N–H and O–H groups in total. The van der Waals surface area contributed by atoms with E-state index in [1.54, 1.807) is 38.1 Å². The summed E-state index contributed by atoms with van der Waals surface area (Å²) in [5, 5.41) is 23.6. The summed E-state index contributed by atoms with van der Waals surface area (Å²) in [5.74, 6) is -2.60. The Morgan fingerprint density at radius 3 is 2.32 bits per heavy atom. The second-order valence-corrected chi connectivity index (χ2v) is 8.62. The summed E-state index contributed by atoms with van der Waals surface area (Å²) in [5.41, 5.74) is -2.88. The van der Waals surface area contributed by atoms with Gasteiger partial charge in [0.25, 0.3) is 0 Å². The molecule has 0 aromatic heterocycles. The van der Waals surface area contributed by atoms with Crippen molar-refractivity contribution in [2.45, 2.75) is 26.5 Å². The van der Waals surface area contributed by atoms with Crippen molar-refractivity contribution in [2.75, 3.05) is 11.5 Å². The summed E-state index contributed by atoms with van der Waals surface area (Å²) in [6, 6.07) is 13.5. The molecule has 2 atom stereocenters. The van der Waals surface area contributed by atoms with E-state index in [2.05, 4.69) is 0 Å². The predicted molar refractivity (Wildman–Crippen MR) is 125 cm³/mol. The maximum atomic E-state index is 14.3. The number of benzene rings is 2. The van der Waals surface area contributed by atoms with Crippen molar-refractivity contribution in [2.24, 2.45) is 5.41 Å². The van der Waals surface area contributed by atoms with Gasteiger partial charge in [0.15, 0.2) is 22.7 Å². The van der Waals surface area contributed by atoms with Crippen molar-refractivity contribution in [1.29, 1.82) is 0 Å². The molecule has 0 radical (unpaired) electrons. The van der Waals surface area contributed by atoms with E-state index in [0.29, 0.717) is 5.69 Å². The molecule has 2 unspecified atom stereocenters. The number of nitrogens with zero attached hydrogens (tertiary/aromatic N) is 1. The average molecular weight is 457 g/mol. The molecular formula is C27H23NO6. The van der Waals surface area contributed by atoms with Gasteiger partial charge in [-0.1, -0.05) is 42.0 Å². The van der Waals surface area contributed by atoms with Crippen LogP contribution in [0.1, 0.15) is 35.3 Å². The number of aliphatic hydroxyl groups is 2. The molecule has 7 nitrogen and oxygen atoms in total. The maximum absolute atomic E-state index is 14.3. The summed E-state index contributed by atoms with van der Waals surface area (Å²) in [6.45, 7) is 5.16. The summed E-state index contributed by atoms with van der Waals surface area (Å²) < 4.78 is 5.32. The highest BCUT2D eigenvalue weighted by atomic mass is 16.5. The van der Waals surface area contributed by atoms with Crippen molar-refractivity contribution in [3.05, 3.63) is 94.2 Å². The largest absolute Gasteiger partial charge is 0.507 e. The van der Waals surface area contributed by atoms with Crippen molar-refractivity contribution in [3.8, 4) is 0 Å². The number of fused-ring (bicyclic) bond motifs is 1. The molecule has 0 saturated carbocycles. The van der Waals surface area contributed by atoms with E-state index in [1.165, 1.54) is 23.1 Å². The van der Waals surface area contributed by atoms with E-state index < -0.39 is 34.4 Å². The van der Waals surface area contributed by atoms with E-state index in [0.717, 1.165) is 11.6 Å². The summed E-state index contributed by atoms with van der Waals surface area (Å²) in [6.07, 6.45) is 2.36. The highest BCUT2D eigenvalue weighted by Gasteiger charge is 2.73. The van der Waals surface area contributed by atoms with Crippen LogP contribution >= 0.6 is 0 Å². The van der Waals surface area contributed by atoms with Crippen LogP contribution in [0.2, 0.25) is 0 Å². The van der Waals surface area contributed by atoms with Gasteiger partial charge in [0.05, 0.1) is 17.8 Å². The van der Waals surface area contributed by atoms with E-state index in [9.17, 15) is 24.6 Å². The fourth-order valence-electron chi connectivity index (χ4n) is 5.46. The molecule has 2 aromatic rings. The molecule has 0 amide bonds. The first-order chi connectivity index (χ1) is 16.2. The number of aliphatic hydroxyl groups excluding tert-OH is 1. The van der Waals surface area contributed by atoms with Crippen molar-refractivity contribution >= 4 is 29.0 Å². The summed E-state index contributed by atoms with van der Waals surface area (Å²) >= 11 is 0. The van der Waals surface area contributed by atoms with E-state index in [4.69, 9.17) is 4.74 Å². The fourth-order valence-corrected chi connectivity index (χ4v) is 5.46. The molecule has 0 fully saturated rings. The lowest BCUT2D eigenvalue weighted by Crippen LogP contribution is -2.63. The first-order valence-electron chi connectivity index (χ1n) is 11.0. The Morgan fingerprint density at radius 1 is 1.03 bits per heavy atom. The lowest BCUT2D eigenvalue weighted by atomic mass is 9.57. The highest BCUT2D eigenvalue weighted by molar-refractivity contribution is 6.27. The van der Waals surface area contributed by atoms with Gasteiger partial charge in [0, 0.05) is 22.5 Å². The SMILES string of the molecule is CCOC(=O)C1=C(C)N(c2ccc(C)cc2)C2(O)C=CC(=O)C3=C(O)c4ccccc4C(=O)C312. The van der Waals surface area contributed by atoms with Crippen molar-refractivity contribution < 1.29 is 29.3 Å². The first-order valence-corrected chi connectivity index (χ1v) is 11.0. The molecule has 2 aromatic carbocycles. The van der Waals surface area contributed by atoms with E-state index >= 15 is 0 Å². The average Bonchev–Trinajstić information content (AvgIpc) is 3.02. The molecule has 7 heteroatoms. The number of ketones is 2. The zero-order valence-electron chi connectivity index (χ0n) is 19.0. The Kier molecular flexibility index (Phi) is 4.67. The zero-order chi connectivity index (χ0) is 24.4. The molecule has 5 rings (SSSR count). The van der Waals surface area contributed by atoms with Gasteiger partial charge < -0.3 is 19.8 Å². The number of anilines is 1. The minimum absolute atomic E-state index is 0.0221. The Hall–Kier alpha value is -3.97. The lowest BCUT2D eigenvalue weighted by molar-refractivity contribution is -0.140. The number of hydrogen-bond donors (Lipinski definition) is 2. The topological polar surface area (TPSA) is 104 Å². The second kappa shape index (κ2) is 7.27. The number of hydrogen-bond acceptors (Lipinski definition) is 7. The molecule has 0 saturated heterocycles. The molecule has 0 bridgehead atoms. The van der Waals surface area contributed by atoms with Crippen LogP contribution in [0.3, 0.4) is 0 Å². The Bertz CT molecular complexity index is 1370. The van der Waals surface area contributed by atoms with Gasteiger partial charge in [-0.15, -0.1) is 0 Å². The highest BCUT2D eigenvalue weighted by Crippen LogP contribution is 2.62. The van der Waals surface area contributed by atoms with Gasteiger partial charge >= 0.3 is 5.97 Å². The minimum Gasteiger partial charge on any atom is -0.507 e. The number of esters is 1. The van der Waals surface area contributed by atoms with Crippen LogP contribution in [0, 0.1) is 12.3 Å². The monoisotopic (exact) mass is 457 g/mol. The van der Waals surface area contributed by atoms with E-state index in [-0.39, 0.29) is 34.6 Å². The lowest BCUT2D eigenvalue weighted by Gasteiger charge is -2.49. The first kappa shape index (κ1) is 21.9. The third-order valence-electron chi connectivity index (χ3n) is 6.83. The molecule has 1 heterocycles. The molecule has 1 aliphatic heterocycles. The normalized spacial score (nSPS) is 25.4. The van der Waals surface area contributed by atoms with Crippen LogP contribution in [0.5, 0.6) is 0 Å². The maximum Gasteiger partial charge on any atom is 0.337 e. The van der Waals surface area contributed by atoms with Gasteiger partial charge in [-0.3, -0.25) is 9.59 Å². The van der Waals surface area contributed by atoms with Crippen LogP contribution in [-0.2, 0) is 14.3 Å². The van der Waals surface area contributed by atoms with Crippen molar-refractivity contribution in [1.82, 2.24) is 0 Å². The fraction of sp³-hybridized carbons (Fsp3) is 0.222. The third-order valence-corrected chi connectivity index (χ3v) is 6.83. The van der Waals surface area contributed by atoms with E-state index in [1.807, 2.05) is 19.1 Å². The molecule has 1 spiro atoms.